The van der Waals surface area contributed by atoms with Crippen molar-refractivity contribution in [1.82, 2.24) is 0 Å². The Labute approximate surface area is 118 Å². The number of rotatable bonds is 8. The van der Waals surface area contributed by atoms with E-state index in [1.54, 1.807) is 0 Å². The molecule has 0 aromatic rings. The zero-order valence-electron chi connectivity index (χ0n) is 12.7. The Kier molecular flexibility index (Phi) is 7.85. The maximum Gasteiger partial charge on any atom is 0.333 e. The molecule has 1 aliphatic rings. The van der Waals surface area contributed by atoms with Crippen LogP contribution >= 0.6 is 0 Å². The smallest absolute Gasteiger partial charge is 0.333 e. The first-order valence-corrected chi connectivity index (χ1v) is 8.03. The molecule has 1 fully saturated rings. The van der Waals surface area contributed by atoms with E-state index in [0.717, 1.165) is 18.3 Å². The number of hydrogen-bond acceptors (Lipinski definition) is 2. The Morgan fingerprint density at radius 3 is 2.37 bits per heavy atom. The molecular formula is C17H30O2. The molecule has 0 saturated heterocycles. The van der Waals surface area contributed by atoms with Gasteiger partial charge in [-0.15, -0.1) is 0 Å². The average Bonchev–Trinajstić information content (AvgIpc) is 2.44. The summed E-state index contributed by atoms with van der Waals surface area (Å²) in [7, 11) is 0. The minimum absolute atomic E-state index is 0.212. The van der Waals surface area contributed by atoms with Crippen molar-refractivity contribution in [2.75, 3.05) is 6.61 Å². The largest absolute Gasteiger partial charge is 0.462 e. The summed E-state index contributed by atoms with van der Waals surface area (Å²) in [6, 6.07) is 0. The second-order valence-corrected chi connectivity index (χ2v) is 5.83. The molecule has 2 atom stereocenters. The van der Waals surface area contributed by atoms with Gasteiger partial charge in [0.05, 0.1) is 6.61 Å². The highest BCUT2D eigenvalue weighted by atomic mass is 16.5. The predicted octanol–water partition coefficient (Wildman–Crippen LogP) is 4.88. The van der Waals surface area contributed by atoms with Gasteiger partial charge in [0.2, 0.25) is 0 Å². The minimum atomic E-state index is -0.212. The zero-order chi connectivity index (χ0) is 14.1. The normalized spacial score (nSPS) is 23.1. The highest BCUT2D eigenvalue weighted by Gasteiger charge is 2.23. The van der Waals surface area contributed by atoms with E-state index < -0.39 is 0 Å². The molecule has 2 unspecified atom stereocenters. The summed E-state index contributed by atoms with van der Waals surface area (Å²) in [5.74, 6) is 1.57. The van der Waals surface area contributed by atoms with Crippen molar-refractivity contribution in [2.45, 2.75) is 71.6 Å². The number of carbonyl (C=O) groups is 1. The van der Waals surface area contributed by atoms with E-state index in [2.05, 4.69) is 13.5 Å². The lowest BCUT2D eigenvalue weighted by atomic mass is 9.75. The first-order valence-electron chi connectivity index (χ1n) is 8.03. The van der Waals surface area contributed by atoms with Gasteiger partial charge in [-0.2, -0.15) is 0 Å². The Morgan fingerprint density at radius 2 is 1.79 bits per heavy atom. The predicted molar refractivity (Wildman–Crippen MR) is 80.0 cm³/mol. The van der Waals surface area contributed by atoms with Crippen LogP contribution in [0.15, 0.2) is 12.2 Å². The summed E-state index contributed by atoms with van der Waals surface area (Å²) in [6.45, 7) is 8.48. The van der Waals surface area contributed by atoms with Crippen LogP contribution in [0.4, 0.5) is 0 Å². The molecule has 0 N–H and O–H groups in total. The van der Waals surface area contributed by atoms with Gasteiger partial charge >= 0.3 is 5.97 Å². The van der Waals surface area contributed by atoms with Gasteiger partial charge in [-0.1, -0.05) is 59.0 Å². The van der Waals surface area contributed by atoms with Crippen LogP contribution in [-0.2, 0) is 9.53 Å². The Balaban J connectivity index is 2.20. The molecule has 0 heterocycles. The van der Waals surface area contributed by atoms with Crippen molar-refractivity contribution in [3.63, 3.8) is 0 Å². The van der Waals surface area contributed by atoms with Crippen LogP contribution in [0.5, 0.6) is 0 Å². The SMILES string of the molecule is C=C(CC)C(=O)OCCCC1CCCCC1CCC. The molecule has 110 valence electrons. The molecule has 0 aromatic heterocycles. The molecule has 1 rings (SSSR count). The zero-order valence-corrected chi connectivity index (χ0v) is 12.7. The molecule has 0 aromatic carbocycles. The summed E-state index contributed by atoms with van der Waals surface area (Å²) < 4.78 is 5.24. The van der Waals surface area contributed by atoms with Gasteiger partial charge in [-0.05, 0) is 31.1 Å². The summed E-state index contributed by atoms with van der Waals surface area (Å²) in [6.07, 6.45) is 11.2. The van der Waals surface area contributed by atoms with Crippen molar-refractivity contribution in [3.8, 4) is 0 Å². The molecular weight excluding hydrogens is 236 g/mol. The molecule has 2 heteroatoms. The molecule has 19 heavy (non-hydrogen) atoms. The highest BCUT2D eigenvalue weighted by Crippen LogP contribution is 2.35. The van der Waals surface area contributed by atoms with Crippen molar-refractivity contribution >= 4 is 5.97 Å². The van der Waals surface area contributed by atoms with Crippen LogP contribution < -0.4 is 0 Å². The third kappa shape index (κ3) is 5.80. The van der Waals surface area contributed by atoms with Gasteiger partial charge in [0.1, 0.15) is 0 Å². The number of ether oxygens (including phenoxy) is 1. The van der Waals surface area contributed by atoms with E-state index in [-0.39, 0.29) is 5.97 Å². The third-order valence-corrected chi connectivity index (χ3v) is 4.39. The molecule has 0 radical (unpaired) electrons. The monoisotopic (exact) mass is 266 g/mol. The molecule has 0 aliphatic heterocycles. The van der Waals surface area contributed by atoms with Gasteiger partial charge in [-0.3, -0.25) is 0 Å². The molecule has 0 amide bonds. The van der Waals surface area contributed by atoms with Crippen LogP contribution in [0, 0.1) is 11.8 Å². The van der Waals surface area contributed by atoms with E-state index in [0.29, 0.717) is 18.6 Å². The van der Waals surface area contributed by atoms with Crippen LogP contribution in [0.3, 0.4) is 0 Å². The summed E-state index contributed by atoms with van der Waals surface area (Å²) in [5, 5.41) is 0. The Hall–Kier alpha value is -0.790. The minimum Gasteiger partial charge on any atom is -0.462 e. The van der Waals surface area contributed by atoms with E-state index in [9.17, 15) is 4.79 Å². The van der Waals surface area contributed by atoms with Crippen molar-refractivity contribution in [2.24, 2.45) is 11.8 Å². The standard InChI is InChI=1S/C17H30O2/c1-4-9-15-10-6-7-11-16(15)12-8-13-19-17(18)14(3)5-2/h15-16H,3-13H2,1-2H3. The topological polar surface area (TPSA) is 26.3 Å². The van der Waals surface area contributed by atoms with Crippen molar-refractivity contribution in [1.29, 1.82) is 0 Å². The summed E-state index contributed by atoms with van der Waals surface area (Å²) >= 11 is 0. The van der Waals surface area contributed by atoms with E-state index in [1.165, 1.54) is 44.9 Å². The Bertz CT molecular complexity index is 281. The van der Waals surface area contributed by atoms with Crippen LogP contribution in [0.25, 0.3) is 0 Å². The van der Waals surface area contributed by atoms with Gasteiger partial charge in [0.15, 0.2) is 0 Å². The summed E-state index contributed by atoms with van der Waals surface area (Å²) in [4.78, 5) is 11.5. The lowest BCUT2D eigenvalue weighted by Gasteiger charge is -2.31. The summed E-state index contributed by atoms with van der Waals surface area (Å²) in [5.41, 5.74) is 0.585. The van der Waals surface area contributed by atoms with Crippen LogP contribution in [0.1, 0.15) is 71.6 Å². The molecule has 2 nitrogen and oxygen atoms in total. The van der Waals surface area contributed by atoms with Crippen LogP contribution in [0.2, 0.25) is 0 Å². The molecule has 0 bridgehead atoms. The molecule has 1 aliphatic carbocycles. The molecule has 0 spiro atoms. The van der Waals surface area contributed by atoms with Gasteiger partial charge in [-0.25, -0.2) is 4.79 Å². The molecule has 1 saturated carbocycles. The van der Waals surface area contributed by atoms with Gasteiger partial charge in [0.25, 0.3) is 0 Å². The van der Waals surface area contributed by atoms with E-state index >= 15 is 0 Å². The second-order valence-electron chi connectivity index (χ2n) is 5.83. The fourth-order valence-electron chi connectivity index (χ4n) is 3.17. The van der Waals surface area contributed by atoms with E-state index in [4.69, 9.17) is 4.74 Å². The Morgan fingerprint density at radius 1 is 1.16 bits per heavy atom. The van der Waals surface area contributed by atoms with Gasteiger partial charge < -0.3 is 4.74 Å². The average molecular weight is 266 g/mol. The first-order chi connectivity index (χ1) is 9.19. The maximum atomic E-state index is 11.5. The van der Waals surface area contributed by atoms with E-state index in [1.807, 2.05) is 6.92 Å². The fraction of sp³-hybridized carbons (Fsp3) is 0.824. The second kappa shape index (κ2) is 9.17. The number of hydrogen-bond donors (Lipinski definition) is 0. The quantitative estimate of drug-likeness (QED) is 0.355. The van der Waals surface area contributed by atoms with Crippen molar-refractivity contribution in [3.05, 3.63) is 12.2 Å². The maximum absolute atomic E-state index is 11.5. The number of carbonyl (C=O) groups excluding carboxylic acids is 1. The lowest BCUT2D eigenvalue weighted by molar-refractivity contribution is -0.139. The third-order valence-electron chi connectivity index (χ3n) is 4.39. The van der Waals surface area contributed by atoms with Crippen molar-refractivity contribution < 1.29 is 9.53 Å². The fourth-order valence-corrected chi connectivity index (χ4v) is 3.17. The first kappa shape index (κ1) is 16.3. The highest BCUT2D eigenvalue weighted by molar-refractivity contribution is 5.87. The van der Waals surface area contributed by atoms with Gasteiger partial charge in [0, 0.05) is 5.57 Å². The number of esters is 1. The lowest BCUT2D eigenvalue weighted by Crippen LogP contribution is -2.20. The van der Waals surface area contributed by atoms with Crippen LogP contribution in [-0.4, -0.2) is 12.6 Å².